The Labute approximate surface area is 110 Å². The zero-order chi connectivity index (χ0) is 13.5. The number of carbonyl (C=O) groups is 2. The van der Waals surface area contributed by atoms with Crippen molar-refractivity contribution < 1.29 is 19.1 Å². The first-order valence-corrected chi connectivity index (χ1v) is 5.56. The van der Waals surface area contributed by atoms with Crippen LogP contribution in [0.4, 0.5) is 0 Å². The van der Waals surface area contributed by atoms with Crippen LogP contribution in [0.15, 0.2) is 29.8 Å². The van der Waals surface area contributed by atoms with Crippen molar-refractivity contribution in [3.63, 3.8) is 0 Å². The van der Waals surface area contributed by atoms with Gasteiger partial charge in [-0.1, -0.05) is 29.8 Å². The second-order valence-electron chi connectivity index (χ2n) is 3.44. The molecule has 1 aromatic rings. The van der Waals surface area contributed by atoms with Gasteiger partial charge in [0, 0.05) is 10.6 Å². The Morgan fingerprint density at radius 1 is 1.22 bits per heavy atom. The molecule has 4 nitrogen and oxygen atoms in total. The molecule has 0 spiro atoms. The van der Waals surface area contributed by atoms with Crippen LogP contribution >= 0.6 is 11.6 Å². The standard InChI is InChI=1S/C13H13ClO4/c1-17-12(15)8-10(13(16)18-2)7-9-5-3-4-6-11(9)14/h3-7H,8H2,1-2H3/b10-7-. The molecular weight excluding hydrogens is 256 g/mol. The number of benzene rings is 1. The minimum Gasteiger partial charge on any atom is -0.469 e. The lowest BCUT2D eigenvalue weighted by molar-refractivity contribution is -0.143. The van der Waals surface area contributed by atoms with Crippen molar-refractivity contribution in [2.45, 2.75) is 6.42 Å². The third-order valence-corrected chi connectivity index (χ3v) is 2.59. The van der Waals surface area contributed by atoms with Gasteiger partial charge in [-0.3, -0.25) is 4.79 Å². The molecule has 5 heteroatoms. The molecule has 0 aliphatic rings. The number of esters is 2. The number of halogens is 1. The number of rotatable bonds is 4. The van der Waals surface area contributed by atoms with Crippen LogP contribution in [-0.2, 0) is 19.1 Å². The van der Waals surface area contributed by atoms with Gasteiger partial charge in [-0.25, -0.2) is 4.79 Å². The van der Waals surface area contributed by atoms with Gasteiger partial charge < -0.3 is 9.47 Å². The summed E-state index contributed by atoms with van der Waals surface area (Å²) in [5.41, 5.74) is 0.834. The van der Waals surface area contributed by atoms with E-state index in [9.17, 15) is 9.59 Å². The minimum absolute atomic E-state index is 0.158. The van der Waals surface area contributed by atoms with Crippen molar-refractivity contribution in [1.82, 2.24) is 0 Å². The fourth-order valence-electron chi connectivity index (χ4n) is 1.32. The van der Waals surface area contributed by atoms with Crippen LogP contribution < -0.4 is 0 Å². The molecule has 1 rings (SSSR count). The Hall–Kier alpha value is -1.81. The molecule has 1 aromatic carbocycles. The average molecular weight is 269 g/mol. The van der Waals surface area contributed by atoms with Gasteiger partial charge in [-0.15, -0.1) is 0 Å². The fraction of sp³-hybridized carbons (Fsp3) is 0.231. The first-order valence-electron chi connectivity index (χ1n) is 5.18. The summed E-state index contributed by atoms with van der Waals surface area (Å²) in [5.74, 6) is -1.10. The number of ether oxygens (including phenoxy) is 2. The van der Waals surface area contributed by atoms with Crippen molar-refractivity contribution >= 4 is 29.6 Å². The van der Waals surface area contributed by atoms with Crippen LogP contribution in [0.1, 0.15) is 12.0 Å². The molecular formula is C13H13ClO4. The highest BCUT2D eigenvalue weighted by molar-refractivity contribution is 6.32. The maximum absolute atomic E-state index is 11.5. The normalized spacial score (nSPS) is 10.9. The molecule has 0 fully saturated rings. The van der Waals surface area contributed by atoms with E-state index in [2.05, 4.69) is 9.47 Å². The summed E-state index contributed by atoms with van der Waals surface area (Å²) >= 11 is 5.97. The SMILES string of the molecule is COC(=O)C/C(=C/c1ccccc1Cl)C(=O)OC. The predicted octanol–water partition coefficient (Wildman–Crippen LogP) is 2.46. The topological polar surface area (TPSA) is 52.6 Å². The second kappa shape index (κ2) is 6.81. The zero-order valence-electron chi connectivity index (χ0n) is 10.1. The average Bonchev–Trinajstić information content (AvgIpc) is 2.39. The Bertz CT molecular complexity index is 480. The summed E-state index contributed by atoms with van der Waals surface area (Å²) in [6.45, 7) is 0. The fourth-order valence-corrected chi connectivity index (χ4v) is 1.51. The van der Waals surface area contributed by atoms with Gasteiger partial charge in [-0.05, 0) is 17.7 Å². The van der Waals surface area contributed by atoms with Gasteiger partial charge >= 0.3 is 11.9 Å². The Balaban J connectivity index is 3.06. The van der Waals surface area contributed by atoms with Gasteiger partial charge in [0.1, 0.15) is 0 Å². The van der Waals surface area contributed by atoms with Crippen molar-refractivity contribution in [1.29, 1.82) is 0 Å². The number of hydrogen-bond acceptors (Lipinski definition) is 4. The summed E-state index contributed by atoms with van der Waals surface area (Å²) in [4.78, 5) is 22.8. The molecule has 0 aromatic heterocycles. The molecule has 0 saturated heterocycles. The number of hydrogen-bond donors (Lipinski definition) is 0. The van der Waals surface area contributed by atoms with E-state index in [1.54, 1.807) is 24.3 Å². The van der Waals surface area contributed by atoms with Crippen LogP contribution in [0.2, 0.25) is 5.02 Å². The van der Waals surface area contributed by atoms with Crippen LogP contribution in [0.5, 0.6) is 0 Å². The highest BCUT2D eigenvalue weighted by Gasteiger charge is 2.15. The van der Waals surface area contributed by atoms with Gasteiger partial charge in [-0.2, -0.15) is 0 Å². The highest BCUT2D eigenvalue weighted by atomic mass is 35.5. The summed E-state index contributed by atoms with van der Waals surface area (Å²) in [5, 5.41) is 0.490. The monoisotopic (exact) mass is 268 g/mol. The third kappa shape index (κ3) is 3.89. The molecule has 18 heavy (non-hydrogen) atoms. The van der Waals surface area contributed by atoms with E-state index in [1.165, 1.54) is 20.3 Å². The van der Waals surface area contributed by atoms with Gasteiger partial charge in [0.2, 0.25) is 0 Å². The number of carbonyl (C=O) groups excluding carboxylic acids is 2. The molecule has 96 valence electrons. The van der Waals surface area contributed by atoms with Gasteiger partial charge in [0.15, 0.2) is 0 Å². The number of methoxy groups -OCH3 is 2. The quantitative estimate of drug-likeness (QED) is 0.622. The molecule has 0 amide bonds. The Kier molecular flexibility index (Phi) is 5.39. The van der Waals surface area contributed by atoms with Crippen LogP contribution in [0.3, 0.4) is 0 Å². The van der Waals surface area contributed by atoms with E-state index in [0.717, 1.165) is 0 Å². The lowest BCUT2D eigenvalue weighted by atomic mass is 10.1. The molecule has 0 N–H and O–H groups in total. The van der Waals surface area contributed by atoms with Crippen LogP contribution in [0.25, 0.3) is 6.08 Å². The lowest BCUT2D eigenvalue weighted by Gasteiger charge is -2.05. The molecule has 0 heterocycles. The first kappa shape index (κ1) is 14.3. The van der Waals surface area contributed by atoms with E-state index in [-0.39, 0.29) is 12.0 Å². The summed E-state index contributed by atoms with van der Waals surface area (Å²) in [7, 11) is 2.51. The second-order valence-corrected chi connectivity index (χ2v) is 3.84. The van der Waals surface area contributed by atoms with Crippen molar-refractivity contribution in [2.75, 3.05) is 14.2 Å². The van der Waals surface area contributed by atoms with Crippen molar-refractivity contribution in [3.8, 4) is 0 Å². The highest BCUT2D eigenvalue weighted by Crippen LogP contribution is 2.20. The molecule has 0 saturated carbocycles. The van der Waals surface area contributed by atoms with Crippen molar-refractivity contribution in [3.05, 3.63) is 40.4 Å². The van der Waals surface area contributed by atoms with Gasteiger partial charge in [0.25, 0.3) is 0 Å². The van der Waals surface area contributed by atoms with Crippen LogP contribution in [-0.4, -0.2) is 26.2 Å². The van der Waals surface area contributed by atoms with E-state index >= 15 is 0 Å². The van der Waals surface area contributed by atoms with Crippen LogP contribution in [0, 0.1) is 0 Å². The minimum atomic E-state index is -0.583. The Morgan fingerprint density at radius 2 is 1.89 bits per heavy atom. The van der Waals surface area contributed by atoms with E-state index in [4.69, 9.17) is 11.6 Å². The smallest absolute Gasteiger partial charge is 0.334 e. The maximum Gasteiger partial charge on any atom is 0.334 e. The predicted molar refractivity (Wildman–Crippen MR) is 68.1 cm³/mol. The third-order valence-electron chi connectivity index (χ3n) is 2.24. The molecule has 0 unspecified atom stereocenters. The van der Waals surface area contributed by atoms with E-state index in [0.29, 0.717) is 10.6 Å². The molecule has 0 atom stereocenters. The summed E-state index contributed by atoms with van der Waals surface area (Å²) in [6, 6.07) is 6.99. The zero-order valence-corrected chi connectivity index (χ0v) is 10.9. The van der Waals surface area contributed by atoms with E-state index in [1.807, 2.05) is 0 Å². The Morgan fingerprint density at radius 3 is 2.44 bits per heavy atom. The molecule has 0 radical (unpaired) electrons. The summed E-state index contributed by atoms with van der Waals surface area (Å²) < 4.78 is 9.13. The largest absolute Gasteiger partial charge is 0.469 e. The van der Waals surface area contributed by atoms with Gasteiger partial charge in [0.05, 0.1) is 20.6 Å². The van der Waals surface area contributed by atoms with Crippen molar-refractivity contribution in [2.24, 2.45) is 0 Å². The lowest BCUT2D eigenvalue weighted by Crippen LogP contribution is -2.11. The first-order chi connectivity index (χ1) is 8.58. The van der Waals surface area contributed by atoms with E-state index < -0.39 is 11.9 Å². The molecule has 0 bridgehead atoms. The summed E-state index contributed by atoms with van der Waals surface area (Å²) in [6.07, 6.45) is 1.36. The molecule has 0 aliphatic heterocycles. The maximum atomic E-state index is 11.5. The molecule has 0 aliphatic carbocycles.